The summed E-state index contributed by atoms with van der Waals surface area (Å²) in [6.45, 7) is 5.45. The molecule has 5 heteroatoms. The van der Waals surface area contributed by atoms with E-state index in [-0.39, 0.29) is 24.5 Å². The lowest BCUT2D eigenvalue weighted by molar-refractivity contribution is 0.0509. The lowest BCUT2D eigenvalue weighted by atomic mass is 10.3. The number of ether oxygens (including phenoxy) is 2. The normalized spacial score (nSPS) is 9.56. The fourth-order valence-corrected chi connectivity index (χ4v) is 0.970. The standard InChI is InChI=1S/C11H12O5/c1-3-5-15-11(13)9-6-8(7-16-9)10(12)14-4-2/h3,6-7H,1,4-5H2,2H3. The van der Waals surface area contributed by atoms with Crippen LogP contribution >= 0.6 is 0 Å². The van der Waals surface area contributed by atoms with E-state index in [2.05, 4.69) is 6.58 Å². The second kappa shape index (κ2) is 5.75. The van der Waals surface area contributed by atoms with Gasteiger partial charge in [-0.25, -0.2) is 9.59 Å². The highest BCUT2D eigenvalue weighted by atomic mass is 16.5. The van der Waals surface area contributed by atoms with Crippen molar-refractivity contribution in [2.24, 2.45) is 0 Å². The molecule has 0 atom stereocenters. The molecule has 0 bridgehead atoms. The molecule has 0 amide bonds. The largest absolute Gasteiger partial charge is 0.462 e. The van der Waals surface area contributed by atoms with Gasteiger partial charge < -0.3 is 13.9 Å². The first-order chi connectivity index (χ1) is 7.69. The quantitative estimate of drug-likeness (QED) is 0.563. The third kappa shape index (κ3) is 2.98. The van der Waals surface area contributed by atoms with Crippen LogP contribution in [-0.4, -0.2) is 25.2 Å². The van der Waals surface area contributed by atoms with Gasteiger partial charge in [-0.2, -0.15) is 0 Å². The van der Waals surface area contributed by atoms with E-state index in [1.54, 1.807) is 6.92 Å². The van der Waals surface area contributed by atoms with Crippen LogP contribution in [-0.2, 0) is 9.47 Å². The molecule has 0 unspecified atom stereocenters. The maximum absolute atomic E-state index is 11.3. The van der Waals surface area contributed by atoms with E-state index in [1.165, 1.54) is 12.1 Å². The van der Waals surface area contributed by atoms with E-state index in [9.17, 15) is 9.59 Å². The van der Waals surface area contributed by atoms with Crippen LogP contribution in [0, 0.1) is 0 Å². The maximum atomic E-state index is 11.3. The molecule has 16 heavy (non-hydrogen) atoms. The van der Waals surface area contributed by atoms with Crippen LogP contribution in [0.2, 0.25) is 0 Å². The lowest BCUT2D eigenvalue weighted by Gasteiger charge is -1.97. The van der Waals surface area contributed by atoms with Crippen molar-refractivity contribution in [3.63, 3.8) is 0 Å². The van der Waals surface area contributed by atoms with Crippen molar-refractivity contribution in [3.05, 3.63) is 36.3 Å². The second-order valence-electron chi connectivity index (χ2n) is 2.81. The highest BCUT2D eigenvalue weighted by Gasteiger charge is 2.16. The monoisotopic (exact) mass is 224 g/mol. The van der Waals surface area contributed by atoms with Gasteiger partial charge in [0.05, 0.1) is 12.2 Å². The SMILES string of the molecule is C=CCOC(=O)c1cc(C(=O)OCC)co1. The van der Waals surface area contributed by atoms with E-state index >= 15 is 0 Å². The van der Waals surface area contributed by atoms with Crippen molar-refractivity contribution < 1.29 is 23.5 Å². The third-order valence-corrected chi connectivity index (χ3v) is 1.64. The summed E-state index contributed by atoms with van der Waals surface area (Å²) in [6.07, 6.45) is 2.59. The first kappa shape index (κ1) is 12.0. The topological polar surface area (TPSA) is 65.7 Å². The minimum Gasteiger partial charge on any atom is -0.462 e. The number of esters is 2. The molecule has 1 aromatic rings. The minimum atomic E-state index is -0.643. The Bertz CT molecular complexity index is 391. The number of furan rings is 1. The minimum absolute atomic E-state index is 0.0371. The first-order valence-electron chi connectivity index (χ1n) is 4.72. The van der Waals surface area contributed by atoms with Crippen LogP contribution in [0.15, 0.2) is 29.4 Å². The average Bonchev–Trinajstić information content (AvgIpc) is 2.75. The van der Waals surface area contributed by atoms with Crippen molar-refractivity contribution in [3.8, 4) is 0 Å². The van der Waals surface area contributed by atoms with Gasteiger partial charge in [0.25, 0.3) is 0 Å². The number of hydrogen-bond acceptors (Lipinski definition) is 5. The highest BCUT2D eigenvalue weighted by molar-refractivity contribution is 5.93. The van der Waals surface area contributed by atoms with E-state index < -0.39 is 11.9 Å². The molecule has 0 aromatic carbocycles. The van der Waals surface area contributed by atoms with Crippen molar-refractivity contribution in [1.82, 2.24) is 0 Å². The Morgan fingerprint density at radius 2 is 2.19 bits per heavy atom. The van der Waals surface area contributed by atoms with Crippen LogP contribution in [0.5, 0.6) is 0 Å². The van der Waals surface area contributed by atoms with Gasteiger partial charge in [0, 0.05) is 6.07 Å². The van der Waals surface area contributed by atoms with Crippen LogP contribution in [0.4, 0.5) is 0 Å². The van der Waals surface area contributed by atoms with Crippen LogP contribution < -0.4 is 0 Å². The second-order valence-corrected chi connectivity index (χ2v) is 2.81. The van der Waals surface area contributed by atoms with Crippen LogP contribution in [0.1, 0.15) is 27.8 Å². The average molecular weight is 224 g/mol. The summed E-state index contributed by atoms with van der Waals surface area (Å²) in [7, 11) is 0. The zero-order valence-electron chi connectivity index (χ0n) is 8.89. The predicted octanol–water partition coefficient (Wildman–Crippen LogP) is 1.80. The van der Waals surface area contributed by atoms with E-state index in [0.717, 1.165) is 6.26 Å². The van der Waals surface area contributed by atoms with Crippen molar-refractivity contribution in [2.45, 2.75) is 6.92 Å². The molecule has 86 valence electrons. The molecule has 0 saturated carbocycles. The van der Waals surface area contributed by atoms with Gasteiger partial charge in [0.15, 0.2) is 0 Å². The Kier molecular flexibility index (Phi) is 4.32. The molecule has 5 nitrogen and oxygen atoms in total. The smallest absolute Gasteiger partial charge is 0.374 e. The van der Waals surface area contributed by atoms with Gasteiger partial charge in [-0.05, 0) is 6.92 Å². The summed E-state index contributed by atoms with van der Waals surface area (Å²) in [5.41, 5.74) is 0.187. The van der Waals surface area contributed by atoms with Gasteiger partial charge in [0.1, 0.15) is 12.9 Å². The summed E-state index contributed by atoms with van der Waals surface area (Å²) >= 11 is 0. The number of hydrogen-bond donors (Lipinski definition) is 0. The van der Waals surface area contributed by atoms with Crippen LogP contribution in [0.25, 0.3) is 0 Å². The van der Waals surface area contributed by atoms with Gasteiger partial charge in [-0.15, -0.1) is 0 Å². The van der Waals surface area contributed by atoms with Crippen LogP contribution in [0.3, 0.4) is 0 Å². The van der Waals surface area contributed by atoms with Crippen molar-refractivity contribution in [1.29, 1.82) is 0 Å². The van der Waals surface area contributed by atoms with Crippen molar-refractivity contribution in [2.75, 3.05) is 13.2 Å². The molecule has 0 aliphatic heterocycles. The molecule has 0 saturated heterocycles. The molecule has 1 aromatic heterocycles. The first-order valence-corrected chi connectivity index (χ1v) is 4.72. The number of carbonyl (C=O) groups is 2. The van der Waals surface area contributed by atoms with E-state index in [0.29, 0.717) is 0 Å². The molecule has 0 spiro atoms. The van der Waals surface area contributed by atoms with E-state index in [4.69, 9.17) is 13.9 Å². The molecular formula is C11H12O5. The molecule has 1 heterocycles. The summed E-state index contributed by atoms with van der Waals surface area (Å²) in [6, 6.07) is 1.28. The highest BCUT2D eigenvalue weighted by Crippen LogP contribution is 2.10. The fraction of sp³-hybridized carbons (Fsp3) is 0.273. The number of carbonyl (C=O) groups excluding carboxylic acids is 2. The Morgan fingerprint density at radius 1 is 1.44 bits per heavy atom. The maximum Gasteiger partial charge on any atom is 0.374 e. The molecule has 0 fully saturated rings. The Morgan fingerprint density at radius 3 is 2.81 bits per heavy atom. The molecule has 0 N–H and O–H groups in total. The Hall–Kier alpha value is -2.04. The van der Waals surface area contributed by atoms with Crippen molar-refractivity contribution >= 4 is 11.9 Å². The Labute approximate surface area is 92.6 Å². The Balaban J connectivity index is 2.67. The summed E-state index contributed by atoms with van der Waals surface area (Å²) in [4.78, 5) is 22.5. The molecule has 0 radical (unpaired) electrons. The summed E-state index contributed by atoms with van der Waals surface area (Å²) in [5, 5.41) is 0. The molecule has 0 aliphatic rings. The molecule has 0 aliphatic carbocycles. The third-order valence-electron chi connectivity index (χ3n) is 1.64. The van der Waals surface area contributed by atoms with E-state index in [1.807, 2.05) is 0 Å². The fourth-order valence-electron chi connectivity index (χ4n) is 0.970. The van der Waals surface area contributed by atoms with Gasteiger partial charge in [-0.3, -0.25) is 0 Å². The van der Waals surface area contributed by atoms with Gasteiger partial charge in [-0.1, -0.05) is 12.7 Å². The molecule has 1 rings (SSSR count). The zero-order valence-corrected chi connectivity index (χ0v) is 8.89. The predicted molar refractivity (Wildman–Crippen MR) is 55.1 cm³/mol. The van der Waals surface area contributed by atoms with Gasteiger partial charge >= 0.3 is 11.9 Å². The summed E-state index contributed by atoms with van der Waals surface area (Å²) in [5.74, 6) is -1.21. The van der Waals surface area contributed by atoms with Gasteiger partial charge in [0.2, 0.25) is 5.76 Å². The molecular weight excluding hydrogens is 212 g/mol. The zero-order chi connectivity index (χ0) is 12.0. The number of rotatable bonds is 5. The summed E-state index contributed by atoms with van der Waals surface area (Å²) < 4.78 is 14.3. The lowest BCUT2D eigenvalue weighted by Crippen LogP contribution is -2.05.